The SMILES string of the molecule is O=C(NCCOc1ccc(F)cc1)c1ccccc1SCC(=O)N1CCCC1. The number of amides is 2. The monoisotopic (exact) mass is 402 g/mol. The zero-order valence-corrected chi connectivity index (χ0v) is 16.3. The van der Waals surface area contributed by atoms with Crippen molar-refractivity contribution in [3.05, 3.63) is 59.9 Å². The van der Waals surface area contributed by atoms with Gasteiger partial charge in [-0.05, 0) is 49.2 Å². The molecule has 28 heavy (non-hydrogen) atoms. The molecule has 1 N–H and O–H groups in total. The second-order valence-electron chi connectivity index (χ2n) is 6.43. The Balaban J connectivity index is 1.47. The van der Waals surface area contributed by atoms with Gasteiger partial charge in [0.05, 0.1) is 17.9 Å². The third-order valence-electron chi connectivity index (χ3n) is 4.41. The van der Waals surface area contributed by atoms with Crippen LogP contribution in [-0.2, 0) is 4.79 Å². The van der Waals surface area contributed by atoms with Crippen LogP contribution in [0.2, 0.25) is 0 Å². The Morgan fingerprint density at radius 1 is 1.07 bits per heavy atom. The number of hydrogen-bond acceptors (Lipinski definition) is 4. The first-order chi connectivity index (χ1) is 13.6. The highest BCUT2D eigenvalue weighted by atomic mass is 32.2. The Morgan fingerprint density at radius 2 is 1.79 bits per heavy atom. The van der Waals surface area contributed by atoms with Crippen LogP contribution in [0.3, 0.4) is 0 Å². The number of carbonyl (C=O) groups excluding carboxylic acids is 2. The van der Waals surface area contributed by atoms with Crippen LogP contribution < -0.4 is 10.1 Å². The van der Waals surface area contributed by atoms with Gasteiger partial charge in [-0.2, -0.15) is 0 Å². The van der Waals surface area contributed by atoms with Gasteiger partial charge in [0, 0.05) is 18.0 Å². The molecule has 1 aliphatic rings. The van der Waals surface area contributed by atoms with Crippen molar-refractivity contribution >= 4 is 23.6 Å². The van der Waals surface area contributed by atoms with E-state index in [9.17, 15) is 14.0 Å². The van der Waals surface area contributed by atoms with E-state index in [2.05, 4.69) is 5.32 Å². The van der Waals surface area contributed by atoms with Crippen LogP contribution in [-0.4, -0.2) is 48.7 Å². The van der Waals surface area contributed by atoms with Gasteiger partial charge in [-0.25, -0.2) is 4.39 Å². The fraction of sp³-hybridized carbons (Fsp3) is 0.333. The Morgan fingerprint density at radius 3 is 2.54 bits per heavy atom. The number of ether oxygens (including phenoxy) is 1. The summed E-state index contributed by atoms with van der Waals surface area (Å²) in [5.74, 6) is 0.465. The van der Waals surface area contributed by atoms with Gasteiger partial charge in [-0.15, -0.1) is 11.8 Å². The van der Waals surface area contributed by atoms with Crippen molar-refractivity contribution in [3.63, 3.8) is 0 Å². The zero-order chi connectivity index (χ0) is 19.8. The van der Waals surface area contributed by atoms with E-state index < -0.39 is 0 Å². The molecule has 0 bridgehead atoms. The van der Waals surface area contributed by atoms with E-state index in [1.54, 1.807) is 24.3 Å². The Kier molecular flexibility index (Phi) is 7.31. The summed E-state index contributed by atoms with van der Waals surface area (Å²) in [4.78, 5) is 27.4. The standard InChI is InChI=1S/C21H23FN2O3S/c22-16-7-9-17(10-8-16)27-14-11-23-21(26)18-5-1-2-6-19(18)28-15-20(25)24-12-3-4-13-24/h1-2,5-10H,3-4,11-15H2,(H,23,26). The molecular formula is C21H23FN2O3S. The Labute approximate surface area is 168 Å². The molecule has 5 nitrogen and oxygen atoms in total. The van der Waals surface area contributed by atoms with Gasteiger partial charge in [-0.1, -0.05) is 12.1 Å². The summed E-state index contributed by atoms with van der Waals surface area (Å²) < 4.78 is 18.3. The van der Waals surface area contributed by atoms with Crippen LogP contribution in [0.5, 0.6) is 5.75 Å². The molecule has 148 valence electrons. The summed E-state index contributed by atoms with van der Waals surface area (Å²) in [7, 11) is 0. The predicted octanol–water partition coefficient (Wildman–Crippen LogP) is 3.35. The minimum atomic E-state index is -0.321. The highest BCUT2D eigenvalue weighted by molar-refractivity contribution is 8.00. The molecule has 0 spiro atoms. The Bertz CT molecular complexity index is 808. The quantitative estimate of drug-likeness (QED) is 0.543. The van der Waals surface area contributed by atoms with E-state index in [0.717, 1.165) is 30.8 Å². The van der Waals surface area contributed by atoms with Crippen LogP contribution in [0.1, 0.15) is 23.2 Å². The third-order valence-corrected chi connectivity index (χ3v) is 5.47. The van der Waals surface area contributed by atoms with Crippen LogP contribution >= 0.6 is 11.8 Å². The van der Waals surface area contributed by atoms with Crippen molar-refractivity contribution in [3.8, 4) is 5.75 Å². The third kappa shape index (κ3) is 5.73. The van der Waals surface area contributed by atoms with Crippen molar-refractivity contribution in [2.75, 3.05) is 32.0 Å². The van der Waals surface area contributed by atoms with Gasteiger partial charge in [0.2, 0.25) is 5.91 Å². The van der Waals surface area contributed by atoms with Gasteiger partial charge in [-0.3, -0.25) is 9.59 Å². The van der Waals surface area contributed by atoms with Gasteiger partial charge < -0.3 is 15.0 Å². The number of halogens is 1. The van der Waals surface area contributed by atoms with Gasteiger partial charge in [0.15, 0.2) is 0 Å². The molecule has 0 saturated carbocycles. The minimum Gasteiger partial charge on any atom is -0.492 e. The first-order valence-corrected chi connectivity index (χ1v) is 10.3. The first kappa shape index (κ1) is 20.2. The summed E-state index contributed by atoms with van der Waals surface area (Å²) in [5.41, 5.74) is 0.545. The number of likely N-dealkylation sites (tertiary alicyclic amines) is 1. The minimum absolute atomic E-state index is 0.116. The molecule has 7 heteroatoms. The molecule has 3 rings (SSSR count). The largest absolute Gasteiger partial charge is 0.492 e. The summed E-state index contributed by atoms with van der Waals surface area (Å²) in [6.07, 6.45) is 2.13. The van der Waals surface area contributed by atoms with Crippen LogP contribution in [0.4, 0.5) is 4.39 Å². The van der Waals surface area contributed by atoms with Crippen molar-refractivity contribution in [2.24, 2.45) is 0 Å². The van der Waals surface area contributed by atoms with Crippen LogP contribution in [0.25, 0.3) is 0 Å². The molecule has 2 aromatic carbocycles. The fourth-order valence-corrected chi connectivity index (χ4v) is 3.89. The normalized spacial score (nSPS) is 13.4. The molecule has 0 aliphatic carbocycles. The van der Waals surface area contributed by atoms with Crippen molar-refractivity contribution in [1.82, 2.24) is 10.2 Å². The molecule has 1 heterocycles. The lowest BCUT2D eigenvalue weighted by Crippen LogP contribution is -2.30. The lowest BCUT2D eigenvalue weighted by atomic mass is 10.2. The topological polar surface area (TPSA) is 58.6 Å². The van der Waals surface area contributed by atoms with E-state index in [0.29, 0.717) is 23.6 Å². The maximum atomic E-state index is 12.9. The second-order valence-corrected chi connectivity index (χ2v) is 7.45. The smallest absolute Gasteiger partial charge is 0.252 e. The van der Waals surface area contributed by atoms with Gasteiger partial charge >= 0.3 is 0 Å². The number of nitrogens with zero attached hydrogens (tertiary/aromatic N) is 1. The maximum absolute atomic E-state index is 12.9. The van der Waals surface area contributed by atoms with Crippen LogP contribution in [0.15, 0.2) is 53.4 Å². The highest BCUT2D eigenvalue weighted by Gasteiger charge is 2.19. The van der Waals surface area contributed by atoms with Crippen molar-refractivity contribution in [2.45, 2.75) is 17.7 Å². The van der Waals surface area contributed by atoms with Gasteiger partial charge in [0.25, 0.3) is 5.91 Å². The lowest BCUT2D eigenvalue weighted by molar-refractivity contribution is -0.127. The molecule has 0 unspecified atom stereocenters. The summed E-state index contributed by atoms with van der Waals surface area (Å²) >= 11 is 1.39. The molecular weight excluding hydrogens is 379 g/mol. The Hall–Kier alpha value is -2.54. The zero-order valence-electron chi connectivity index (χ0n) is 15.5. The summed E-state index contributed by atoms with van der Waals surface area (Å²) in [5, 5.41) is 2.82. The van der Waals surface area contributed by atoms with Crippen molar-refractivity contribution < 1.29 is 18.7 Å². The first-order valence-electron chi connectivity index (χ1n) is 9.29. The average molecular weight is 402 g/mol. The lowest BCUT2D eigenvalue weighted by Gasteiger charge is -2.15. The molecule has 0 radical (unpaired) electrons. The average Bonchev–Trinajstić information content (AvgIpc) is 3.26. The van der Waals surface area contributed by atoms with E-state index in [1.807, 2.05) is 17.0 Å². The van der Waals surface area contributed by atoms with Crippen LogP contribution in [0, 0.1) is 5.82 Å². The predicted molar refractivity (Wildman–Crippen MR) is 107 cm³/mol. The number of benzene rings is 2. The van der Waals surface area contributed by atoms with Crippen molar-refractivity contribution in [1.29, 1.82) is 0 Å². The molecule has 2 amide bonds. The number of nitrogens with one attached hydrogen (secondary N) is 1. The number of hydrogen-bond donors (Lipinski definition) is 1. The maximum Gasteiger partial charge on any atom is 0.252 e. The van der Waals surface area contributed by atoms with E-state index in [4.69, 9.17) is 4.74 Å². The highest BCUT2D eigenvalue weighted by Crippen LogP contribution is 2.23. The molecule has 0 atom stereocenters. The molecule has 1 fully saturated rings. The number of thioether (sulfide) groups is 1. The van der Waals surface area contributed by atoms with E-state index in [-0.39, 0.29) is 24.2 Å². The number of rotatable bonds is 8. The molecule has 1 aliphatic heterocycles. The summed E-state index contributed by atoms with van der Waals surface area (Å²) in [6.45, 7) is 2.26. The fourth-order valence-electron chi connectivity index (χ4n) is 2.94. The summed E-state index contributed by atoms with van der Waals surface area (Å²) in [6, 6.07) is 13.0. The van der Waals surface area contributed by atoms with Gasteiger partial charge in [0.1, 0.15) is 18.2 Å². The van der Waals surface area contributed by atoms with E-state index >= 15 is 0 Å². The second kappa shape index (κ2) is 10.1. The molecule has 0 aromatic heterocycles. The van der Waals surface area contributed by atoms with E-state index in [1.165, 1.54) is 23.9 Å². The molecule has 2 aromatic rings. The number of carbonyl (C=O) groups is 2. The molecule has 1 saturated heterocycles.